The van der Waals surface area contributed by atoms with E-state index < -0.39 is 0 Å². The fraction of sp³-hybridized carbons (Fsp3) is 0.667. The number of quaternary nitrogens is 1. The average molecular weight is 260 g/mol. The quantitative estimate of drug-likeness (QED) is 0.677. The second kappa shape index (κ2) is 7.09. The van der Waals surface area contributed by atoms with E-state index >= 15 is 0 Å². The van der Waals surface area contributed by atoms with E-state index in [9.17, 15) is 0 Å². The molecule has 1 aliphatic heterocycles. The Labute approximate surface area is 119 Å². The summed E-state index contributed by atoms with van der Waals surface area (Å²) in [6.45, 7) is 10.1. The molecule has 0 saturated carbocycles. The van der Waals surface area contributed by atoms with Gasteiger partial charge < -0.3 is 4.48 Å². The van der Waals surface area contributed by atoms with Crippen molar-refractivity contribution in [3.05, 3.63) is 35.9 Å². The summed E-state index contributed by atoms with van der Waals surface area (Å²) in [5.41, 5.74) is 1.52. The van der Waals surface area contributed by atoms with Crippen LogP contribution in [0.3, 0.4) is 0 Å². The Bertz CT molecular complexity index is 347. The van der Waals surface area contributed by atoms with Gasteiger partial charge in [-0.3, -0.25) is 0 Å². The van der Waals surface area contributed by atoms with Gasteiger partial charge in [-0.1, -0.05) is 44.2 Å². The Morgan fingerprint density at radius 1 is 0.947 bits per heavy atom. The van der Waals surface area contributed by atoms with Crippen LogP contribution in [0, 0.1) is 5.92 Å². The van der Waals surface area contributed by atoms with E-state index in [1.807, 2.05) is 0 Å². The molecule has 1 nitrogen and oxygen atoms in total. The lowest BCUT2D eigenvalue weighted by Crippen LogP contribution is -2.49. The van der Waals surface area contributed by atoms with E-state index in [0.29, 0.717) is 0 Å². The topological polar surface area (TPSA) is 0 Å². The normalized spacial score (nSPS) is 19.3. The first-order valence-electron chi connectivity index (χ1n) is 8.09. The van der Waals surface area contributed by atoms with Crippen molar-refractivity contribution in [2.24, 2.45) is 5.92 Å². The molecule has 1 aromatic carbocycles. The Morgan fingerprint density at radius 2 is 1.58 bits per heavy atom. The Hall–Kier alpha value is -0.820. The SMILES string of the molecule is CC(C)CC[N+]1(Cc2ccccc2)CCCCCC1. The Kier molecular flexibility index (Phi) is 5.45. The maximum Gasteiger partial charge on any atom is 0.104 e. The molecule has 1 heteroatoms. The second-order valence-electron chi connectivity index (χ2n) is 6.75. The molecular formula is C18H30N+. The van der Waals surface area contributed by atoms with Gasteiger partial charge in [-0.2, -0.15) is 0 Å². The third-order valence-corrected chi connectivity index (χ3v) is 4.56. The molecule has 0 N–H and O–H groups in total. The fourth-order valence-electron chi connectivity index (χ4n) is 3.32. The third kappa shape index (κ3) is 4.65. The van der Waals surface area contributed by atoms with Crippen molar-refractivity contribution in [2.75, 3.05) is 19.6 Å². The zero-order valence-corrected chi connectivity index (χ0v) is 12.8. The molecule has 1 aliphatic rings. The van der Waals surface area contributed by atoms with Gasteiger partial charge in [-0.05, 0) is 38.0 Å². The van der Waals surface area contributed by atoms with Crippen LogP contribution < -0.4 is 0 Å². The predicted octanol–water partition coefficient (Wildman–Crippen LogP) is 4.62. The summed E-state index contributed by atoms with van der Waals surface area (Å²) in [6, 6.07) is 11.1. The van der Waals surface area contributed by atoms with E-state index in [1.54, 1.807) is 0 Å². The highest BCUT2D eigenvalue weighted by Crippen LogP contribution is 2.24. The first-order chi connectivity index (χ1) is 9.20. The molecule has 0 aliphatic carbocycles. The van der Waals surface area contributed by atoms with Gasteiger partial charge in [0.1, 0.15) is 6.54 Å². The van der Waals surface area contributed by atoms with Crippen LogP contribution in [0.2, 0.25) is 0 Å². The van der Waals surface area contributed by atoms with Crippen molar-refractivity contribution in [1.29, 1.82) is 0 Å². The minimum absolute atomic E-state index is 0.828. The molecule has 0 bridgehead atoms. The molecule has 106 valence electrons. The molecular weight excluding hydrogens is 230 g/mol. The maximum atomic E-state index is 2.36. The molecule has 2 rings (SSSR count). The summed E-state index contributed by atoms with van der Waals surface area (Å²) in [4.78, 5) is 0. The molecule has 0 spiro atoms. The van der Waals surface area contributed by atoms with Gasteiger partial charge in [0, 0.05) is 5.56 Å². The zero-order valence-electron chi connectivity index (χ0n) is 12.8. The average Bonchev–Trinajstić information content (AvgIpc) is 2.64. The summed E-state index contributed by atoms with van der Waals surface area (Å²) in [6.07, 6.45) is 7.09. The van der Waals surface area contributed by atoms with Gasteiger partial charge in [-0.15, -0.1) is 0 Å². The first kappa shape index (κ1) is 14.6. The van der Waals surface area contributed by atoms with Crippen LogP contribution in [0.5, 0.6) is 0 Å². The molecule has 1 heterocycles. The van der Waals surface area contributed by atoms with Crippen LogP contribution in [0.15, 0.2) is 30.3 Å². The van der Waals surface area contributed by atoms with E-state index in [1.165, 1.54) is 68.3 Å². The highest BCUT2D eigenvalue weighted by molar-refractivity contribution is 5.13. The van der Waals surface area contributed by atoms with Gasteiger partial charge in [-0.25, -0.2) is 0 Å². The summed E-state index contributed by atoms with van der Waals surface area (Å²) in [7, 11) is 0. The van der Waals surface area contributed by atoms with Crippen LogP contribution >= 0.6 is 0 Å². The minimum Gasteiger partial charge on any atom is -0.320 e. The second-order valence-corrected chi connectivity index (χ2v) is 6.75. The molecule has 0 atom stereocenters. The molecule has 1 aromatic rings. The number of hydrogen-bond acceptors (Lipinski definition) is 0. The van der Waals surface area contributed by atoms with Crippen molar-refractivity contribution in [3.63, 3.8) is 0 Å². The lowest BCUT2D eigenvalue weighted by atomic mass is 10.1. The fourth-order valence-corrected chi connectivity index (χ4v) is 3.32. The Morgan fingerprint density at radius 3 is 2.16 bits per heavy atom. The highest BCUT2D eigenvalue weighted by atomic mass is 15.3. The van der Waals surface area contributed by atoms with Gasteiger partial charge in [0.25, 0.3) is 0 Å². The monoisotopic (exact) mass is 260 g/mol. The summed E-state index contributed by atoms with van der Waals surface area (Å²) in [5, 5.41) is 0. The molecule has 0 amide bonds. The van der Waals surface area contributed by atoms with Crippen LogP contribution in [-0.4, -0.2) is 24.1 Å². The minimum atomic E-state index is 0.828. The maximum absolute atomic E-state index is 2.36. The molecule has 0 radical (unpaired) electrons. The number of hydrogen-bond donors (Lipinski definition) is 0. The largest absolute Gasteiger partial charge is 0.320 e. The van der Waals surface area contributed by atoms with Crippen molar-refractivity contribution in [2.45, 2.75) is 52.5 Å². The zero-order chi connectivity index (χ0) is 13.6. The molecule has 0 aromatic heterocycles. The van der Waals surface area contributed by atoms with E-state index in [4.69, 9.17) is 0 Å². The smallest absolute Gasteiger partial charge is 0.104 e. The van der Waals surface area contributed by atoms with E-state index in [-0.39, 0.29) is 0 Å². The number of likely N-dealkylation sites (tertiary alicyclic amines) is 1. The third-order valence-electron chi connectivity index (χ3n) is 4.56. The number of rotatable bonds is 5. The van der Waals surface area contributed by atoms with Crippen LogP contribution in [-0.2, 0) is 6.54 Å². The standard InChI is InChI=1S/C18H30N/c1-17(2)12-15-19(13-8-3-4-9-14-19)16-18-10-6-5-7-11-18/h5-7,10-11,17H,3-4,8-9,12-16H2,1-2H3/q+1. The Balaban J connectivity index is 2.08. The van der Waals surface area contributed by atoms with Crippen molar-refractivity contribution in [3.8, 4) is 0 Å². The van der Waals surface area contributed by atoms with E-state index in [0.717, 1.165) is 5.92 Å². The van der Waals surface area contributed by atoms with Crippen LogP contribution in [0.4, 0.5) is 0 Å². The molecule has 19 heavy (non-hydrogen) atoms. The van der Waals surface area contributed by atoms with Crippen LogP contribution in [0.25, 0.3) is 0 Å². The number of benzene rings is 1. The van der Waals surface area contributed by atoms with Gasteiger partial charge in [0.15, 0.2) is 0 Å². The highest BCUT2D eigenvalue weighted by Gasteiger charge is 2.28. The molecule has 1 fully saturated rings. The summed E-state index contributed by atoms with van der Waals surface area (Å²) < 4.78 is 1.34. The van der Waals surface area contributed by atoms with Gasteiger partial charge >= 0.3 is 0 Å². The van der Waals surface area contributed by atoms with Crippen molar-refractivity contribution in [1.82, 2.24) is 0 Å². The van der Waals surface area contributed by atoms with Crippen molar-refractivity contribution >= 4 is 0 Å². The van der Waals surface area contributed by atoms with E-state index in [2.05, 4.69) is 44.2 Å². The lowest BCUT2D eigenvalue weighted by Gasteiger charge is -2.38. The number of nitrogens with zero attached hydrogens (tertiary/aromatic N) is 1. The van der Waals surface area contributed by atoms with Gasteiger partial charge in [0.2, 0.25) is 0 Å². The van der Waals surface area contributed by atoms with Gasteiger partial charge in [0.05, 0.1) is 19.6 Å². The first-order valence-corrected chi connectivity index (χ1v) is 8.09. The van der Waals surface area contributed by atoms with Crippen molar-refractivity contribution < 1.29 is 4.48 Å². The summed E-state index contributed by atoms with van der Waals surface area (Å²) >= 11 is 0. The molecule has 0 unspecified atom stereocenters. The lowest BCUT2D eigenvalue weighted by molar-refractivity contribution is -0.940. The predicted molar refractivity (Wildman–Crippen MR) is 82.9 cm³/mol. The molecule has 1 saturated heterocycles. The summed E-state index contributed by atoms with van der Waals surface area (Å²) in [5.74, 6) is 0.828. The van der Waals surface area contributed by atoms with Crippen LogP contribution in [0.1, 0.15) is 51.5 Å².